The number of hydrogen-bond donors (Lipinski definition) is 1. The second-order valence-electron chi connectivity index (χ2n) is 3.59. The number of halogens is 1. The molecule has 0 aliphatic rings. The Morgan fingerprint density at radius 3 is 2.94 bits per heavy atom. The molecule has 18 heavy (non-hydrogen) atoms. The summed E-state index contributed by atoms with van der Waals surface area (Å²) in [5.74, 6) is 0.373. The van der Waals surface area contributed by atoms with Gasteiger partial charge in [0.25, 0.3) is 0 Å². The van der Waals surface area contributed by atoms with Gasteiger partial charge in [-0.15, -0.1) is 11.8 Å². The second kappa shape index (κ2) is 5.46. The number of benzene rings is 1. The van der Waals surface area contributed by atoms with Gasteiger partial charge in [-0.3, -0.25) is 0 Å². The maximum Gasteiger partial charge on any atom is 0.337 e. The molecule has 2 rings (SSSR count). The number of carboxylic acids is 1. The predicted molar refractivity (Wildman–Crippen MR) is 69.2 cm³/mol. The molecular weight excluding hydrogens is 274 g/mol. The molecule has 0 radical (unpaired) electrons. The van der Waals surface area contributed by atoms with Crippen LogP contribution in [0.5, 0.6) is 0 Å². The molecule has 1 aromatic carbocycles. The SMILES string of the molecule is Cc1ocnc1CSc1ccc(Cl)c(C(=O)O)c1. The van der Waals surface area contributed by atoms with Crippen molar-refractivity contribution in [3.8, 4) is 0 Å². The highest BCUT2D eigenvalue weighted by Crippen LogP contribution is 2.27. The number of aryl methyl sites for hydroxylation is 1. The third kappa shape index (κ3) is 2.86. The number of nitrogens with zero attached hydrogens (tertiary/aromatic N) is 1. The van der Waals surface area contributed by atoms with E-state index in [1.807, 2.05) is 6.92 Å². The number of rotatable bonds is 4. The van der Waals surface area contributed by atoms with Crippen LogP contribution in [0.4, 0.5) is 0 Å². The maximum atomic E-state index is 10.9. The molecule has 2 aromatic rings. The van der Waals surface area contributed by atoms with Crippen LogP contribution < -0.4 is 0 Å². The van der Waals surface area contributed by atoms with Gasteiger partial charge in [-0.05, 0) is 25.1 Å². The van der Waals surface area contributed by atoms with Crippen molar-refractivity contribution in [2.24, 2.45) is 0 Å². The van der Waals surface area contributed by atoms with Crippen molar-refractivity contribution in [1.29, 1.82) is 0 Å². The lowest BCUT2D eigenvalue weighted by Gasteiger charge is -2.03. The van der Waals surface area contributed by atoms with Crippen LogP contribution >= 0.6 is 23.4 Å². The molecule has 0 bridgehead atoms. The first-order valence-electron chi connectivity index (χ1n) is 5.12. The fourth-order valence-corrected chi connectivity index (χ4v) is 2.52. The van der Waals surface area contributed by atoms with Crippen molar-refractivity contribution >= 4 is 29.3 Å². The zero-order chi connectivity index (χ0) is 13.1. The Hall–Kier alpha value is -1.46. The van der Waals surface area contributed by atoms with Crippen molar-refractivity contribution in [2.75, 3.05) is 0 Å². The van der Waals surface area contributed by atoms with Gasteiger partial charge in [0.05, 0.1) is 16.3 Å². The topological polar surface area (TPSA) is 63.3 Å². The normalized spacial score (nSPS) is 10.6. The van der Waals surface area contributed by atoms with Crippen molar-refractivity contribution in [2.45, 2.75) is 17.6 Å². The van der Waals surface area contributed by atoms with Crippen LogP contribution in [0.1, 0.15) is 21.8 Å². The standard InChI is InChI=1S/C12H10ClNO3S/c1-7-11(14-6-17-7)5-18-8-2-3-10(13)9(4-8)12(15)16/h2-4,6H,5H2,1H3,(H,15,16). The van der Waals surface area contributed by atoms with E-state index >= 15 is 0 Å². The Bertz CT molecular complexity index is 582. The first-order chi connectivity index (χ1) is 8.58. The van der Waals surface area contributed by atoms with Gasteiger partial charge in [0.1, 0.15) is 5.76 Å². The molecule has 1 N–H and O–H groups in total. The lowest BCUT2D eigenvalue weighted by atomic mass is 10.2. The third-order valence-corrected chi connectivity index (χ3v) is 3.72. The van der Waals surface area contributed by atoms with E-state index in [0.29, 0.717) is 5.75 Å². The fourth-order valence-electron chi connectivity index (χ4n) is 1.38. The van der Waals surface area contributed by atoms with E-state index in [9.17, 15) is 4.79 Å². The van der Waals surface area contributed by atoms with Crippen LogP contribution in [0.25, 0.3) is 0 Å². The quantitative estimate of drug-likeness (QED) is 0.868. The molecule has 0 aliphatic carbocycles. The van der Waals surface area contributed by atoms with E-state index in [4.69, 9.17) is 21.1 Å². The maximum absolute atomic E-state index is 10.9. The van der Waals surface area contributed by atoms with Crippen molar-refractivity contribution in [3.05, 3.63) is 46.6 Å². The fraction of sp³-hybridized carbons (Fsp3) is 0.167. The average molecular weight is 284 g/mol. The molecule has 0 spiro atoms. The van der Waals surface area contributed by atoms with Gasteiger partial charge in [0.2, 0.25) is 0 Å². The zero-order valence-corrected chi connectivity index (χ0v) is 11.1. The summed E-state index contributed by atoms with van der Waals surface area (Å²) in [5, 5.41) is 9.21. The predicted octanol–water partition coefficient (Wildman–Crippen LogP) is 3.63. The highest BCUT2D eigenvalue weighted by Gasteiger charge is 2.10. The van der Waals surface area contributed by atoms with E-state index in [2.05, 4.69) is 4.98 Å². The molecule has 0 saturated heterocycles. The summed E-state index contributed by atoms with van der Waals surface area (Å²) in [5.41, 5.74) is 0.963. The van der Waals surface area contributed by atoms with Crippen molar-refractivity contribution in [3.63, 3.8) is 0 Å². The highest BCUT2D eigenvalue weighted by atomic mass is 35.5. The summed E-state index contributed by atoms with van der Waals surface area (Å²) in [6.45, 7) is 1.84. The lowest BCUT2D eigenvalue weighted by molar-refractivity contribution is 0.0697. The monoisotopic (exact) mass is 283 g/mol. The first-order valence-corrected chi connectivity index (χ1v) is 6.49. The molecule has 0 atom stereocenters. The Kier molecular flexibility index (Phi) is 3.93. The molecule has 1 aromatic heterocycles. The van der Waals surface area contributed by atoms with E-state index in [-0.39, 0.29) is 10.6 Å². The molecule has 1 heterocycles. The minimum Gasteiger partial charge on any atom is -0.478 e. The number of hydrogen-bond acceptors (Lipinski definition) is 4. The average Bonchev–Trinajstić information content (AvgIpc) is 2.73. The lowest BCUT2D eigenvalue weighted by Crippen LogP contribution is -1.97. The molecular formula is C12H10ClNO3S. The van der Waals surface area contributed by atoms with E-state index in [0.717, 1.165) is 16.3 Å². The molecule has 6 heteroatoms. The van der Waals surface area contributed by atoms with Gasteiger partial charge in [-0.25, -0.2) is 9.78 Å². The summed E-state index contributed by atoms with van der Waals surface area (Å²) in [4.78, 5) is 15.8. The number of aromatic nitrogens is 1. The zero-order valence-electron chi connectivity index (χ0n) is 9.51. The molecule has 0 amide bonds. The Morgan fingerprint density at radius 1 is 1.56 bits per heavy atom. The van der Waals surface area contributed by atoms with Crippen LogP contribution in [-0.4, -0.2) is 16.1 Å². The van der Waals surface area contributed by atoms with Gasteiger partial charge in [-0.1, -0.05) is 11.6 Å². The van der Waals surface area contributed by atoms with Gasteiger partial charge in [0, 0.05) is 10.6 Å². The summed E-state index contributed by atoms with van der Waals surface area (Å²) in [6.07, 6.45) is 1.40. The molecule has 0 aliphatic heterocycles. The van der Waals surface area contributed by atoms with E-state index < -0.39 is 5.97 Å². The highest BCUT2D eigenvalue weighted by molar-refractivity contribution is 7.98. The number of aromatic carboxylic acids is 1. The minimum absolute atomic E-state index is 0.110. The molecule has 0 unspecified atom stereocenters. The van der Waals surface area contributed by atoms with Crippen LogP contribution in [0.3, 0.4) is 0 Å². The van der Waals surface area contributed by atoms with Crippen LogP contribution in [0.2, 0.25) is 5.02 Å². The first kappa shape index (κ1) is 13.0. The van der Waals surface area contributed by atoms with Gasteiger partial charge in [0.15, 0.2) is 6.39 Å². The number of carboxylic acid groups (broad SMARTS) is 1. The van der Waals surface area contributed by atoms with Gasteiger partial charge >= 0.3 is 5.97 Å². The number of thioether (sulfide) groups is 1. The van der Waals surface area contributed by atoms with Gasteiger partial charge < -0.3 is 9.52 Å². The number of carbonyl (C=O) groups is 1. The van der Waals surface area contributed by atoms with Crippen molar-refractivity contribution < 1.29 is 14.3 Å². The van der Waals surface area contributed by atoms with Crippen LogP contribution in [0, 0.1) is 6.92 Å². The van der Waals surface area contributed by atoms with E-state index in [1.165, 1.54) is 18.2 Å². The summed E-state index contributed by atoms with van der Waals surface area (Å²) < 4.78 is 5.09. The molecule has 0 fully saturated rings. The van der Waals surface area contributed by atoms with E-state index in [1.54, 1.807) is 18.2 Å². The summed E-state index contributed by atoms with van der Waals surface area (Å²) in [6, 6.07) is 4.93. The molecule has 0 saturated carbocycles. The Labute approximate surface area is 113 Å². The smallest absolute Gasteiger partial charge is 0.337 e. The second-order valence-corrected chi connectivity index (χ2v) is 5.05. The molecule has 4 nitrogen and oxygen atoms in total. The summed E-state index contributed by atoms with van der Waals surface area (Å²) in [7, 11) is 0. The largest absolute Gasteiger partial charge is 0.478 e. The Morgan fingerprint density at radius 2 is 2.33 bits per heavy atom. The van der Waals surface area contributed by atoms with Crippen LogP contribution in [0.15, 0.2) is 33.9 Å². The van der Waals surface area contributed by atoms with Crippen LogP contribution in [-0.2, 0) is 5.75 Å². The van der Waals surface area contributed by atoms with Crippen molar-refractivity contribution in [1.82, 2.24) is 4.98 Å². The minimum atomic E-state index is -1.03. The van der Waals surface area contributed by atoms with Gasteiger partial charge in [-0.2, -0.15) is 0 Å². The summed E-state index contributed by atoms with van der Waals surface area (Å²) >= 11 is 7.29. The third-order valence-electron chi connectivity index (χ3n) is 2.39. The number of oxazole rings is 1. The molecule has 94 valence electrons. The Balaban J connectivity index is 2.13.